The largest absolute Gasteiger partial charge is 0.306 e. The maximum absolute atomic E-state index is 12.1. The molecular formula is C16H13N3O. The summed E-state index contributed by atoms with van der Waals surface area (Å²) in [6.07, 6.45) is 4.52. The fraction of sp³-hybridized carbons (Fsp3) is 0.188. The van der Waals surface area contributed by atoms with Crippen LogP contribution < -0.4 is 5.56 Å². The highest BCUT2D eigenvalue weighted by Gasteiger charge is 2.18. The SMILES string of the molecule is O=c1[nH]c(-c2ccnc3ccccc23)nc2c1CCC2. The molecule has 0 bridgehead atoms. The highest BCUT2D eigenvalue weighted by atomic mass is 16.1. The van der Waals surface area contributed by atoms with Gasteiger partial charge in [0.25, 0.3) is 5.56 Å². The third-order valence-electron chi connectivity index (χ3n) is 3.85. The molecule has 1 N–H and O–H groups in total. The van der Waals surface area contributed by atoms with E-state index in [-0.39, 0.29) is 5.56 Å². The van der Waals surface area contributed by atoms with Crippen LogP contribution in [0.5, 0.6) is 0 Å². The van der Waals surface area contributed by atoms with Crippen molar-refractivity contribution >= 4 is 10.9 Å². The summed E-state index contributed by atoms with van der Waals surface area (Å²) in [6, 6.07) is 9.80. The van der Waals surface area contributed by atoms with Gasteiger partial charge in [0.1, 0.15) is 5.82 Å². The second kappa shape index (κ2) is 4.27. The maximum Gasteiger partial charge on any atom is 0.254 e. The van der Waals surface area contributed by atoms with Crippen LogP contribution in [0, 0.1) is 0 Å². The van der Waals surface area contributed by atoms with E-state index in [1.54, 1.807) is 6.20 Å². The minimum Gasteiger partial charge on any atom is -0.306 e. The summed E-state index contributed by atoms with van der Waals surface area (Å²) < 4.78 is 0. The molecule has 0 saturated heterocycles. The molecule has 1 aromatic carbocycles. The number of aromatic nitrogens is 3. The number of nitrogens with one attached hydrogen (secondary N) is 1. The molecule has 1 aliphatic rings. The van der Waals surface area contributed by atoms with Crippen LogP contribution >= 0.6 is 0 Å². The first-order valence-electron chi connectivity index (χ1n) is 6.79. The van der Waals surface area contributed by atoms with Gasteiger partial charge in [-0.3, -0.25) is 9.78 Å². The molecule has 0 aliphatic heterocycles. The van der Waals surface area contributed by atoms with E-state index in [1.165, 1.54) is 0 Å². The van der Waals surface area contributed by atoms with Gasteiger partial charge in [-0.05, 0) is 31.4 Å². The Morgan fingerprint density at radius 1 is 1.10 bits per heavy atom. The molecule has 0 spiro atoms. The van der Waals surface area contributed by atoms with Gasteiger partial charge in [0.2, 0.25) is 0 Å². The number of benzene rings is 1. The number of rotatable bonds is 1. The second-order valence-electron chi connectivity index (χ2n) is 5.07. The van der Waals surface area contributed by atoms with E-state index < -0.39 is 0 Å². The van der Waals surface area contributed by atoms with Gasteiger partial charge in [-0.15, -0.1) is 0 Å². The highest BCUT2D eigenvalue weighted by molar-refractivity contribution is 5.92. The van der Waals surface area contributed by atoms with E-state index >= 15 is 0 Å². The molecule has 98 valence electrons. The number of aromatic amines is 1. The normalized spacial score (nSPS) is 13.6. The van der Waals surface area contributed by atoms with Gasteiger partial charge in [0.05, 0.1) is 11.2 Å². The third-order valence-corrected chi connectivity index (χ3v) is 3.85. The van der Waals surface area contributed by atoms with E-state index in [4.69, 9.17) is 0 Å². The fourth-order valence-electron chi connectivity index (χ4n) is 2.87. The van der Waals surface area contributed by atoms with Crippen molar-refractivity contribution in [3.63, 3.8) is 0 Å². The van der Waals surface area contributed by atoms with Crippen LogP contribution in [-0.2, 0) is 12.8 Å². The molecule has 4 rings (SSSR count). The Morgan fingerprint density at radius 2 is 2.00 bits per heavy atom. The highest BCUT2D eigenvalue weighted by Crippen LogP contribution is 2.25. The monoisotopic (exact) mass is 263 g/mol. The van der Waals surface area contributed by atoms with E-state index in [2.05, 4.69) is 15.0 Å². The minimum absolute atomic E-state index is 0.00314. The van der Waals surface area contributed by atoms with E-state index in [0.717, 1.165) is 47.0 Å². The van der Waals surface area contributed by atoms with Gasteiger partial charge in [-0.1, -0.05) is 18.2 Å². The first kappa shape index (κ1) is 11.3. The number of hydrogen-bond acceptors (Lipinski definition) is 3. The van der Waals surface area contributed by atoms with Crippen molar-refractivity contribution < 1.29 is 0 Å². The van der Waals surface area contributed by atoms with Crippen LogP contribution in [0.2, 0.25) is 0 Å². The standard InChI is InChI=1S/C16H13N3O/c20-16-12-5-3-7-14(12)18-15(19-16)11-8-9-17-13-6-2-1-4-10(11)13/h1-2,4,6,8-9H,3,5,7H2,(H,18,19,20). The molecule has 4 nitrogen and oxygen atoms in total. The molecule has 1 aliphatic carbocycles. The molecule has 2 aromatic heterocycles. The Kier molecular flexibility index (Phi) is 2.42. The Hall–Kier alpha value is -2.49. The predicted octanol–water partition coefficient (Wildman–Crippen LogP) is 2.47. The molecule has 0 radical (unpaired) electrons. The van der Waals surface area contributed by atoms with Crippen molar-refractivity contribution in [2.24, 2.45) is 0 Å². The summed E-state index contributed by atoms with van der Waals surface area (Å²) in [7, 11) is 0. The summed E-state index contributed by atoms with van der Waals surface area (Å²) in [5.41, 5.74) is 3.65. The number of para-hydroxylation sites is 1. The van der Waals surface area contributed by atoms with Crippen molar-refractivity contribution in [3.05, 3.63) is 58.1 Å². The minimum atomic E-state index is 0.00314. The predicted molar refractivity (Wildman–Crippen MR) is 77.6 cm³/mol. The Morgan fingerprint density at radius 3 is 2.95 bits per heavy atom. The topological polar surface area (TPSA) is 58.6 Å². The summed E-state index contributed by atoms with van der Waals surface area (Å²) in [5, 5.41) is 1.01. The van der Waals surface area contributed by atoms with Crippen molar-refractivity contribution in [3.8, 4) is 11.4 Å². The van der Waals surface area contributed by atoms with Crippen molar-refractivity contribution in [1.82, 2.24) is 15.0 Å². The van der Waals surface area contributed by atoms with Crippen LogP contribution in [0.15, 0.2) is 41.3 Å². The molecule has 0 atom stereocenters. The lowest BCUT2D eigenvalue weighted by molar-refractivity contribution is 0.899. The van der Waals surface area contributed by atoms with E-state index in [0.29, 0.717) is 5.82 Å². The zero-order valence-corrected chi connectivity index (χ0v) is 10.9. The lowest BCUT2D eigenvalue weighted by Crippen LogP contribution is -2.15. The summed E-state index contributed by atoms with van der Waals surface area (Å²) in [6.45, 7) is 0. The van der Waals surface area contributed by atoms with Crippen molar-refractivity contribution in [1.29, 1.82) is 0 Å². The lowest BCUT2D eigenvalue weighted by atomic mass is 10.1. The van der Waals surface area contributed by atoms with Crippen LogP contribution in [-0.4, -0.2) is 15.0 Å². The number of hydrogen-bond donors (Lipinski definition) is 1. The first-order chi connectivity index (χ1) is 9.83. The molecule has 3 aromatic rings. The Labute approximate surface area is 115 Å². The van der Waals surface area contributed by atoms with Gasteiger partial charge in [0.15, 0.2) is 0 Å². The molecule has 0 saturated carbocycles. The number of nitrogens with zero attached hydrogens (tertiary/aromatic N) is 2. The van der Waals surface area contributed by atoms with E-state index in [1.807, 2.05) is 30.3 Å². The fourth-order valence-corrected chi connectivity index (χ4v) is 2.87. The zero-order valence-electron chi connectivity index (χ0n) is 10.9. The average Bonchev–Trinajstić information content (AvgIpc) is 2.95. The van der Waals surface area contributed by atoms with Crippen molar-refractivity contribution in [2.75, 3.05) is 0 Å². The third kappa shape index (κ3) is 1.65. The smallest absolute Gasteiger partial charge is 0.254 e. The van der Waals surface area contributed by atoms with Gasteiger partial charge >= 0.3 is 0 Å². The molecule has 0 unspecified atom stereocenters. The maximum atomic E-state index is 12.1. The van der Waals surface area contributed by atoms with Crippen molar-refractivity contribution in [2.45, 2.75) is 19.3 Å². The Balaban J connectivity index is 2.01. The summed E-state index contributed by atoms with van der Waals surface area (Å²) in [5.74, 6) is 0.647. The molecule has 0 amide bonds. The number of pyridine rings is 1. The average molecular weight is 263 g/mol. The quantitative estimate of drug-likeness (QED) is 0.733. The summed E-state index contributed by atoms with van der Waals surface area (Å²) in [4.78, 5) is 24.0. The van der Waals surface area contributed by atoms with Crippen LogP contribution in [0.3, 0.4) is 0 Å². The van der Waals surface area contributed by atoms with Gasteiger partial charge in [-0.2, -0.15) is 0 Å². The van der Waals surface area contributed by atoms with Gasteiger partial charge in [-0.25, -0.2) is 4.98 Å². The number of H-pyrrole nitrogens is 1. The molecule has 0 fully saturated rings. The molecule has 2 heterocycles. The molecule has 4 heteroatoms. The number of fused-ring (bicyclic) bond motifs is 2. The zero-order chi connectivity index (χ0) is 13.5. The van der Waals surface area contributed by atoms with Crippen LogP contribution in [0.25, 0.3) is 22.3 Å². The van der Waals surface area contributed by atoms with Crippen LogP contribution in [0.1, 0.15) is 17.7 Å². The molecular weight excluding hydrogens is 250 g/mol. The number of aryl methyl sites for hydroxylation is 1. The lowest BCUT2D eigenvalue weighted by Gasteiger charge is -2.07. The van der Waals surface area contributed by atoms with E-state index in [9.17, 15) is 4.79 Å². The second-order valence-corrected chi connectivity index (χ2v) is 5.07. The van der Waals surface area contributed by atoms with Gasteiger partial charge < -0.3 is 4.98 Å². The molecule has 20 heavy (non-hydrogen) atoms. The Bertz CT molecular complexity index is 862. The summed E-state index contributed by atoms with van der Waals surface area (Å²) >= 11 is 0. The van der Waals surface area contributed by atoms with Crippen LogP contribution in [0.4, 0.5) is 0 Å². The first-order valence-corrected chi connectivity index (χ1v) is 6.79. The van der Waals surface area contributed by atoms with Gasteiger partial charge in [0, 0.05) is 22.7 Å².